The first-order valence-corrected chi connectivity index (χ1v) is 9.22. The zero-order chi connectivity index (χ0) is 20.5. The number of rotatable bonds is 9. The normalized spacial score (nSPS) is 10.1. The highest BCUT2D eigenvalue weighted by Gasteiger charge is 2.14. The van der Waals surface area contributed by atoms with Gasteiger partial charge in [0.05, 0.1) is 36.3 Å². The average molecular weight is 405 g/mol. The molecule has 2 aromatic carbocycles. The minimum Gasteiger partial charge on any atom is -0.497 e. The molecule has 28 heavy (non-hydrogen) atoms. The fourth-order valence-corrected chi connectivity index (χ4v) is 2.82. The first kappa shape index (κ1) is 21.0. The third-order valence-electron chi connectivity index (χ3n) is 3.51. The molecule has 0 saturated carbocycles. The van der Waals surface area contributed by atoms with Gasteiger partial charge in [-0.3, -0.25) is 19.7 Å². The molecule has 0 aromatic heterocycles. The standard InChI is InChI=1S/C18H19N3O6S/c1-26-14-6-3-12(4-7-14)19-17(22)10-28-11-18(23)20-15-9-13(21(24)25)5-8-16(15)27-2/h3-9H,10-11H2,1-2H3,(H,19,22)(H,20,23). The van der Waals surface area contributed by atoms with Crippen LogP contribution in [0.1, 0.15) is 0 Å². The Morgan fingerprint density at radius 2 is 1.64 bits per heavy atom. The molecule has 0 spiro atoms. The number of thioether (sulfide) groups is 1. The van der Waals surface area contributed by atoms with Gasteiger partial charge in [0, 0.05) is 17.8 Å². The summed E-state index contributed by atoms with van der Waals surface area (Å²) >= 11 is 1.12. The first-order chi connectivity index (χ1) is 13.4. The highest BCUT2D eigenvalue weighted by atomic mass is 32.2. The lowest BCUT2D eigenvalue weighted by Gasteiger charge is -2.10. The van der Waals surface area contributed by atoms with Crippen LogP contribution in [0.25, 0.3) is 0 Å². The van der Waals surface area contributed by atoms with E-state index in [2.05, 4.69) is 10.6 Å². The third-order valence-corrected chi connectivity index (χ3v) is 4.44. The summed E-state index contributed by atoms with van der Waals surface area (Å²) in [6.45, 7) is 0. The lowest BCUT2D eigenvalue weighted by molar-refractivity contribution is -0.384. The van der Waals surface area contributed by atoms with Crippen molar-refractivity contribution >= 4 is 40.6 Å². The monoisotopic (exact) mass is 405 g/mol. The number of nitrogens with zero attached hydrogens (tertiary/aromatic N) is 1. The molecule has 10 heteroatoms. The minimum atomic E-state index is -0.562. The van der Waals surface area contributed by atoms with Crippen LogP contribution in [-0.4, -0.2) is 42.5 Å². The van der Waals surface area contributed by atoms with Gasteiger partial charge in [0.1, 0.15) is 11.5 Å². The number of carbonyl (C=O) groups is 2. The quantitative estimate of drug-likeness (QED) is 0.486. The topological polar surface area (TPSA) is 120 Å². The SMILES string of the molecule is COc1ccc(NC(=O)CSCC(=O)Nc2cc([N+](=O)[O-])ccc2OC)cc1. The summed E-state index contributed by atoms with van der Waals surface area (Å²) in [6, 6.07) is 10.8. The van der Waals surface area contributed by atoms with Crippen molar-refractivity contribution in [3.05, 3.63) is 52.6 Å². The zero-order valence-electron chi connectivity index (χ0n) is 15.3. The van der Waals surface area contributed by atoms with E-state index in [0.29, 0.717) is 17.2 Å². The Balaban J connectivity index is 1.82. The molecular formula is C18H19N3O6S. The number of nitro benzene ring substituents is 1. The molecule has 9 nitrogen and oxygen atoms in total. The summed E-state index contributed by atoms with van der Waals surface area (Å²) in [5.74, 6) is 0.409. The molecule has 0 fully saturated rings. The Kier molecular flexibility index (Phi) is 7.64. The predicted octanol–water partition coefficient (Wildman–Crippen LogP) is 2.92. The van der Waals surface area contributed by atoms with Gasteiger partial charge in [0.2, 0.25) is 11.8 Å². The maximum atomic E-state index is 12.1. The smallest absolute Gasteiger partial charge is 0.271 e. The highest BCUT2D eigenvalue weighted by Crippen LogP contribution is 2.29. The van der Waals surface area contributed by atoms with E-state index in [0.717, 1.165) is 11.8 Å². The van der Waals surface area contributed by atoms with Crippen molar-refractivity contribution in [1.29, 1.82) is 0 Å². The fraction of sp³-hybridized carbons (Fsp3) is 0.222. The summed E-state index contributed by atoms with van der Waals surface area (Å²) in [7, 11) is 2.95. The number of hydrogen-bond donors (Lipinski definition) is 2. The Hall–Kier alpha value is -3.27. The molecule has 2 N–H and O–H groups in total. The molecule has 2 rings (SSSR count). The Morgan fingerprint density at radius 3 is 2.21 bits per heavy atom. The fourth-order valence-electron chi connectivity index (χ4n) is 2.20. The number of carbonyl (C=O) groups excluding carboxylic acids is 2. The van der Waals surface area contributed by atoms with Crippen molar-refractivity contribution in [1.82, 2.24) is 0 Å². The number of benzene rings is 2. The van der Waals surface area contributed by atoms with Gasteiger partial charge in [-0.1, -0.05) is 0 Å². The third kappa shape index (κ3) is 6.16. The maximum absolute atomic E-state index is 12.1. The Morgan fingerprint density at radius 1 is 1.00 bits per heavy atom. The summed E-state index contributed by atoms with van der Waals surface area (Å²) in [4.78, 5) is 34.3. The van der Waals surface area contributed by atoms with E-state index in [9.17, 15) is 19.7 Å². The summed E-state index contributed by atoms with van der Waals surface area (Å²) in [6.07, 6.45) is 0. The van der Waals surface area contributed by atoms with Crippen LogP contribution < -0.4 is 20.1 Å². The molecule has 148 valence electrons. The van der Waals surface area contributed by atoms with Gasteiger partial charge in [-0.15, -0.1) is 11.8 Å². The number of ether oxygens (including phenoxy) is 2. The maximum Gasteiger partial charge on any atom is 0.271 e. The van der Waals surface area contributed by atoms with Gasteiger partial charge in [-0.25, -0.2) is 0 Å². The molecule has 0 aliphatic rings. The second kappa shape index (κ2) is 10.2. The number of non-ortho nitro benzene ring substituents is 1. The molecule has 0 unspecified atom stereocenters. The number of anilines is 2. The van der Waals surface area contributed by atoms with Gasteiger partial charge >= 0.3 is 0 Å². The van der Waals surface area contributed by atoms with E-state index in [4.69, 9.17) is 9.47 Å². The van der Waals surface area contributed by atoms with Crippen molar-refractivity contribution in [2.75, 3.05) is 36.4 Å². The summed E-state index contributed by atoms with van der Waals surface area (Å²) in [5, 5.41) is 16.1. The van der Waals surface area contributed by atoms with E-state index in [1.54, 1.807) is 31.4 Å². The second-order valence-electron chi connectivity index (χ2n) is 5.46. The zero-order valence-corrected chi connectivity index (χ0v) is 16.1. The minimum absolute atomic E-state index is 0.00186. The molecule has 0 radical (unpaired) electrons. The number of nitro groups is 1. The van der Waals surface area contributed by atoms with Gasteiger partial charge in [0.25, 0.3) is 5.69 Å². The molecule has 2 aromatic rings. The second-order valence-corrected chi connectivity index (χ2v) is 6.44. The van der Waals surface area contributed by atoms with Gasteiger partial charge in [-0.2, -0.15) is 0 Å². The molecule has 0 heterocycles. The van der Waals surface area contributed by atoms with E-state index >= 15 is 0 Å². The van der Waals surface area contributed by atoms with Gasteiger partial charge in [-0.05, 0) is 30.3 Å². The van der Waals surface area contributed by atoms with Crippen molar-refractivity contribution < 1.29 is 24.0 Å². The van der Waals surface area contributed by atoms with E-state index in [1.807, 2.05) is 0 Å². The summed E-state index contributed by atoms with van der Waals surface area (Å²) < 4.78 is 10.1. The van der Waals surface area contributed by atoms with Crippen molar-refractivity contribution in [2.45, 2.75) is 0 Å². The summed E-state index contributed by atoms with van der Waals surface area (Å²) in [5.41, 5.74) is 0.657. The number of amides is 2. The van der Waals surface area contributed by atoms with Crippen LogP contribution >= 0.6 is 11.8 Å². The predicted molar refractivity (Wildman–Crippen MR) is 107 cm³/mol. The van der Waals surface area contributed by atoms with Crippen LogP contribution in [0.15, 0.2) is 42.5 Å². The Bertz CT molecular complexity index is 857. The molecule has 0 aliphatic heterocycles. The van der Waals surface area contributed by atoms with Crippen LogP contribution in [0.5, 0.6) is 11.5 Å². The van der Waals surface area contributed by atoms with Crippen LogP contribution in [0, 0.1) is 10.1 Å². The van der Waals surface area contributed by atoms with Crippen LogP contribution in [0.4, 0.5) is 17.1 Å². The van der Waals surface area contributed by atoms with Crippen LogP contribution in [-0.2, 0) is 9.59 Å². The molecule has 2 amide bonds. The molecule has 0 bridgehead atoms. The van der Waals surface area contributed by atoms with Crippen molar-refractivity contribution in [3.63, 3.8) is 0 Å². The number of methoxy groups -OCH3 is 2. The molecule has 0 aliphatic carbocycles. The molecular weight excluding hydrogens is 386 g/mol. The lowest BCUT2D eigenvalue weighted by atomic mass is 10.2. The van der Waals surface area contributed by atoms with E-state index in [1.165, 1.54) is 25.3 Å². The van der Waals surface area contributed by atoms with Crippen LogP contribution in [0.3, 0.4) is 0 Å². The van der Waals surface area contributed by atoms with Gasteiger partial charge < -0.3 is 20.1 Å². The first-order valence-electron chi connectivity index (χ1n) is 8.07. The Labute approximate surface area is 165 Å². The van der Waals surface area contributed by atoms with E-state index in [-0.39, 0.29) is 28.8 Å². The largest absolute Gasteiger partial charge is 0.497 e. The van der Waals surface area contributed by atoms with Crippen LogP contribution in [0.2, 0.25) is 0 Å². The molecule has 0 atom stereocenters. The van der Waals surface area contributed by atoms with Crippen molar-refractivity contribution in [3.8, 4) is 11.5 Å². The van der Waals surface area contributed by atoms with Crippen molar-refractivity contribution in [2.24, 2.45) is 0 Å². The highest BCUT2D eigenvalue weighted by molar-refractivity contribution is 8.00. The number of nitrogens with one attached hydrogen (secondary N) is 2. The number of hydrogen-bond acceptors (Lipinski definition) is 7. The average Bonchev–Trinajstić information content (AvgIpc) is 2.68. The molecule has 0 saturated heterocycles. The van der Waals surface area contributed by atoms with E-state index < -0.39 is 10.8 Å². The lowest BCUT2D eigenvalue weighted by Crippen LogP contribution is -2.18. The van der Waals surface area contributed by atoms with Gasteiger partial charge in [0.15, 0.2) is 0 Å².